The van der Waals surface area contributed by atoms with E-state index in [4.69, 9.17) is 11.6 Å². The molecule has 0 radical (unpaired) electrons. The molecule has 2 aromatic rings. The molecule has 1 aliphatic rings. The molecule has 1 aromatic heterocycles. The summed E-state index contributed by atoms with van der Waals surface area (Å²) < 4.78 is 0. The lowest BCUT2D eigenvalue weighted by Gasteiger charge is -2.27. The van der Waals surface area contributed by atoms with Gasteiger partial charge in [0.1, 0.15) is 11.1 Å². The van der Waals surface area contributed by atoms with Gasteiger partial charge in [0, 0.05) is 44.0 Å². The molecule has 0 saturated carbocycles. The summed E-state index contributed by atoms with van der Waals surface area (Å²) in [4.78, 5) is 44.1. The van der Waals surface area contributed by atoms with E-state index >= 15 is 0 Å². The number of urea groups is 1. The molecule has 8 heteroatoms. The SMILES string of the molecule is CC(c1cnc(C(=O)N(C)C)c2ccccc12)N(C)C(=O)NC1=CC(Cl)C(=O)C=C1. The summed E-state index contributed by atoms with van der Waals surface area (Å²) in [6.07, 6.45) is 6.00. The van der Waals surface area contributed by atoms with E-state index in [9.17, 15) is 14.4 Å². The van der Waals surface area contributed by atoms with Gasteiger partial charge in [0.15, 0.2) is 5.78 Å². The van der Waals surface area contributed by atoms with Gasteiger partial charge in [0.2, 0.25) is 0 Å². The van der Waals surface area contributed by atoms with Crippen LogP contribution in [-0.2, 0) is 4.79 Å². The second-order valence-electron chi connectivity index (χ2n) is 7.28. The molecule has 0 bridgehead atoms. The number of rotatable bonds is 4. The Morgan fingerprint density at radius 1 is 1.13 bits per heavy atom. The third-order valence-corrected chi connectivity index (χ3v) is 5.40. The fraction of sp³-hybridized carbons (Fsp3) is 0.273. The van der Waals surface area contributed by atoms with E-state index in [0.717, 1.165) is 16.3 Å². The molecule has 0 aliphatic heterocycles. The highest BCUT2D eigenvalue weighted by Crippen LogP contribution is 2.29. The number of nitrogens with zero attached hydrogens (tertiary/aromatic N) is 3. The number of alkyl halides is 1. The van der Waals surface area contributed by atoms with Gasteiger partial charge in [0.25, 0.3) is 5.91 Å². The molecule has 1 N–H and O–H groups in total. The number of amides is 3. The van der Waals surface area contributed by atoms with E-state index in [1.807, 2.05) is 31.2 Å². The molecule has 2 unspecified atom stereocenters. The molecule has 3 amide bonds. The summed E-state index contributed by atoms with van der Waals surface area (Å²) in [5, 5.41) is 3.55. The van der Waals surface area contributed by atoms with Crippen molar-refractivity contribution < 1.29 is 14.4 Å². The number of benzene rings is 1. The van der Waals surface area contributed by atoms with Crippen molar-refractivity contribution in [1.82, 2.24) is 20.1 Å². The molecule has 7 nitrogen and oxygen atoms in total. The molecule has 3 rings (SSSR count). The molecule has 2 atom stereocenters. The lowest BCUT2D eigenvalue weighted by molar-refractivity contribution is -0.113. The molecule has 0 spiro atoms. The first-order valence-electron chi connectivity index (χ1n) is 9.41. The molecule has 0 fully saturated rings. The van der Waals surface area contributed by atoms with Crippen molar-refractivity contribution in [1.29, 1.82) is 0 Å². The highest BCUT2D eigenvalue weighted by Gasteiger charge is 2.24. The predicted molar refractivity (Wildman–Crippen MR) is 116 cm³/mol. The van der Waals surface area contributed by atoms with E-state index in [1.54, 1.807) is 27.3 Å². The van der Waals surface area contributed by atoms with Crippen LogP contribution in [0, 0.1) is 0 Å². The number of carbonyl (C=O) groups excluding carboxylic acids is 3. The van der Waals surface area contributed by atoms with Crippen molar-refractivity contribution in [3.05, 3.63) is 65.6 Å². The van der Waals surface area contributed by atoms with E-state index in [-0.39, 0.29) is 23.8 Å². The van der Waals surface area contributed by atoms with E-state index < -0.39 is 5.38 Å². The third-order valence-electron chi connectivity index (χ3n) is 5.06. The molecular formula is C22H23ClN4O3. The Morgan fingerprint density at radius 2 is 1.80 bits per heavy atom. The summed E-state index contributed by atoms with van der Waals surface area (Å²) in [6, 6.07) is 6.83. The summed E-state index contributed by atoms with van der Waals surface area (Å²) in [6.45, 7) is 1.88. The third kappa shape index (κ3) is 4.21. The summed E-state index contributed by atoms with van der Waals surface area (Å²) >= 11 is 5.93. The first-order chi connectivity index (χ1) is 14.2. The van der Waals surface area contributed by atoms with Gasteiger partial charge in [-0.15, -0.1) is 11.6 Å². The van der Waals surface area contributed by atoms with Gasteiger partial charge < -0.3 is 15.1 Å². The van der Waals surface area contributed by atoms with Crippen LogP contribution in [0.15, 0.2) is 54.4 Å². The number of nitrogens with one attached hydrogen (secondary N) is 1. The Morgan fingerprint density at radius 3 is 2.43 bits per heavy atom. The van der Waals surface area contributed by atoms with Gasteiger partial charge in [-0.1, -0.05) is 24.3 Å². The summed E-state index contributed by atoms with van der Waals surface area (Å²) in [5.74, 6) is -0.404. The van der Waals surface area contributed by atoms with Crippen LogP contribution in [0.3, 0.4) is 0 Å². The zero-order chi connectivity index (χ0) is 22.0. The molecule has 1 heterocycles. The van der Waals surface area contributed by atoms with Crippen LogP contribution in [0.1, 0.15) is 29.0 Å². The lowest BCUT2D eigenvalue weighted by atomic mass is 9.99. The van der Waals surface area contributed by atoms with Crippen LogP contribution in [0.4, 0.5) is 4.79 Å². The Labute approximate surface area is 180 Å². The topological polar surface area (TPSA) is 82.6 Å². The minimum absolute atomic E-state index is 0.183. The van der Waals surface area contributed by atoms with Crippen molar-refractivity contribution in [2.45, 2.75) is 18.3 Å². The molecule has 1 aromatic carbocycles. The number of carbonyl (C=O) groups is 3. The lowest BCUT2D eigenvalue weighted by Crippen LogP contribution is -2.39. The van der Waals surface area contributed by atoms with Gasteiger partial charge in [-0.25, -0.2) is 4.79 Å². The maximum atomic E-state index is 12.7. The largest absolute Gasteiger partial charge is 0.343 e. The zero-order valence-electron chi connectivity index (χ0n) is 17.2. The second-order valence-corrected chi connectivity index (χ2v) is 7.75. The summed E-state index contributed by atoms with van der Waals surface area (Å²) in [5.41, 5.74) is 1.65. The van der Waals surface area contributed by atoms with Gasteiger partial charge in [-0.3, -0.25) is 14.6 Å². The number of fused-ring (bicyclic) bond motifs is 1. The van der Waals surface area contributed by atoms with Crippen LogP contribution in [-0.4, -0.2) is 59.0 Å². The van der Waals surface area contributed by atoms with Gasteiger partial charge >= 0.3 is 6.03 Å². The normalized spacial score (nSPS) is 16.8. The van der Waals surface area contributed by atoms with Crippen LogP contribution in [0.2, 0.25) is 0 Å². The average molecular weight is 427 g/mol. The monoisotopic (exact) mass is 426 g/mol. The van der Waals surface area contributed by atoms with Crippen molar-refractivity contribution in [3.8, 4) is 0 Å². The Bertz CT molecular complexity index is 1080. The number of hydrogen-bond donors (Lipinski definition) is 1. The zero-order valence-corrected chi connectivity index (χ0v) is 18.0. The quantitative estimate of drug-likeness (QED) is 0.760. The Hall–Kier alpha value is -3.19. The minimum Gasteiger partial charge on any atom is -0.343 e. The number of aromatic nitrogens is 1. The van der Waals surface area contributed by atoms with E-state index in [1.165, 1.54) is 28.0 Å². The predicted octanol–water partition coefficient (Wildman–Crippen LogP) is 3.27. The van der Waals surface area contributed by atoms with E-state index in [2.05, 4.69) is 10.3 Å². The number of allylic oxidation sites excluding steroid dienone is 3. The van der Waals surface area contributed by atoms with Gasteiger partial charge in [-0.2, -0.15) is 0 Å². The Balaban J connectivity index is 1.88. The van der Waals surface area contributed by atoms with Crippen molar-refractivity contribution in [2.75, 3.05) is 21.1 Å². The first-order valence-corrected chi connectivity index (χ1v) is 9.85. The smallest absolute Gasteiger partial charge is 0.322 e. The fourth-order valence-corrected chi connectivity index (χ4v) is 3.38. The minimum atomic E-state index is -0.789. The first kappa shape index (κ1) is 21.5. The van der Waals surface area contributed by atoms with Crippen molar-refractivity contribution >= 4 is 40.1 Å². The van der Waals surface area contributed by atoms with Crippen molar-refractivity contribution in [2.24, 2.45) is 0 Å². The molecule has 156 valence electrons. The molecule has 30 heavy (non-hydrogen) atoms. The van der Waals surface area contributed by atoms with Crippen LogP contribution < -0.4 is 5.32 Å². The molecular weight excluding hydrogens is 404 g/mol. The second kappa shape index (κ2) is 8.67. The average Bonchev–Trinajstić information content (AvgIpc) is 2.73. The number of hydrogen-bond acceptors (Lipinski definition) is 4. The van der Waals surface area contributed by atoms with Gasteiger partial charge in [0.05, 0.1) is 6.04 Å². The number of pyridine rings is 1. The maximum Gasteiger partial charge on any atom is 0.322 e. The Kier molecular flexibility index (Phi) is 6.22. The van der Waals surface area contributed by atoms with Gasteiger partial charge in [-0.05, 0) is 30.5 Å². The highest BCUT2D eigenvalue weighted by atomic mass is 35.5. The number of halogens is 1. The van der Waals surface area contributed by atoms with E-state index in [0.29, 0.717) is 11.4 Å². The van der Waals surface area contributed by atoms with Crippen molar-refractivity contribution in [3.63, 3.8) is 0 Å². The fourth-order valence-electron chi connectivity index (χ4n) is 3.17. The van der Waals surface area contributed by atoms with Crippen LogP contribution in [0.5, 0.6) is 0 Å². The highest BCUT2D eigenvalue weighted by molar-refractivity contribution is 6.34. The standard InChI is InChI=1S/C22H23ClN4O3/c1-13(27(4)22(30)25-14-9-10-19(28)18(23)11-14)17-12-24-20(21(29)26(2)3)16-8-6-5-7-15(16)17/h5-13,18H,1-4H3,(H,25,30). The summed E-state index contributed by atoms with van der Waals surface area (Å²) in [7, 11) is 5.03. The van der Waals surface area contributed by atoms with Crippen LogP contribution >= 0.6 is 11.6 Å². The molecule has 0 saturated heterocycles. The molecule has 1 aliphatic carbocycles. The maximum absolute atomic E-state index is 12.7. The van der Waals surface area contributed by atoms with Crippen LogP contribution in [0.25, 0.3) is 10.8 Å². The number of ketones is 1.